The predicted octanol–water partition coefficient (Wildman–Crippen LogP) is 5.95. The number of aromatic nitrogens is 2. The summed E-state index contributed by atoms with van der Waals surface area (Å²) in [5, 5.41) is 4.54. The lowest BCUT2D eigenvalue weighted by Gasteiger charge is -2.13. The molecule has 112 valence electrons. The summed E-state index contributed by atoms with van der Waals surface area (Å²) >= 11 is 1.88. The van der Waals surface area contributed by atoms with Crippen LogP contribution in [-0.4, -0.2) is 9.78 Å². The standard InChI is InChI=1S/C15H22N2S.C2H6/c1-4-7-13(5-2)17-11-12(10-16-17)15-9-8-14(6-3)18-15;1-2/h8-11,13H,4-7H2,1-3H3;1-2H3. The maximum atomic E-state index is 4.54. The molecule has 2 aromatic heterocycles. The maximum absolute atomic E-state index is 4.54. The van der Waals surface area contributed by atoms with Crippen LogP contribution in [0.4, 0.5) is 0 Å². The SMILES string of the molecule is CC.CCCC(CC)n1cc(-c2ccc(CC)s2)cn1. The molecule has 0 radical (unpaired) electrons. The summed E-state index contributed by atoms with van der Waals surface area (Å²) < 4.78 is 2.14. The van der Waals surface area contributed by atoms with Crippen molar-refractivity contribution < 1.29 is 0 Å². The van der Waals surface area contributed by atoms with Crippen molar-refractivity contribution in [2.75, 3.05) is 0 Å². The van der Waals surface area contributed by atoms with Gasteiger partial charge in [0.25, 0.3) is 0 Å². The molecule has 1 unspecified atom stereocenters. The Kier molecular flexibility index (Phi) is 7.60. The van der Waals surface area contributed by atoms with Crippen molar-refractivity contribution in [1.29, 1.82) is 0 Å². The van der Waals surface area contributed by atoms with Gasteiger partial charge in [0.15, 0.2) is 0 Å². The molecule has 0 aliphatic carbocycles. The highest BCUT2D eigenvalue weighted by atomic mass is 32.1. The van der Waals surface area contributed by atoms with E-state index in [0.29, 0.717) is 6.04 Å². The second-order valence-corrected chi connectivity index (χ2v) is 5.85. The Balaban J connectivity index is 0.000000956. The Morgan fingerprint density at radius 2 is 1.95 bits per heavy atom. The average Bonchev–Trinajstić information content (AvgIpc) is 3.15. The van der Waals surface area contributed by atoms with E-state index < -0.39 is 0 Å². The minimum Gasteiger partial charge on any atom is -0.269 e. The second kappa shape index (κ2) is 8.96. The zero-order valence-corrected chi connectivity index (χ0v) is 14.3. The summed E-state index contributed by atoms with van der Waals surface area (Å²) in [6, 6.07) is 4.99. The summed E-state index contributed by atoms with van der Waals surface area (Å²) in [6.45, 7) is 10.7. The first-order chi connectivity index (χ1) is 9.78. The molecule has 20 heavy (non-hydrogen) atoms. The van der Waals surface area contributed by atoms with E-state index in [2.05, 4.69) is 48.9 Å². The quantitative estimate of drug-likeness (QED) is 0.643. The monoisotopic (exact) mass is 292 g/mol. The molecule has 2 nitrogen and oxygen atoms in total. The molecule has 0 aliphatic heterocycles. The van der Waals surface area contributed by atoms with Crippen LogP contribution in [0.3, 0.4) is 0 Å². The van der Waals surface area contributed by atoms with E-state index in [0.717, 1.165) is 12.8 Å². The fourth-order valence-corrected chi connectivity index (χ4v) is 3.17. The number of aryl methyl sites for hydroxylation is 1. The van der Waals surface area contributed by atoms with Gasteiger partial charge in [0, 0.05) is 21.5 Å². The number of thiophene rings is 1. The summed E-state index contributed by atoms with van der Waals surface area (Å²) in [5.41, 5.74) is 1.26. The molecule has 0 bridgehead atoms. The summed E-state index contributed by atoms with van der Waals surface area (Å²) in [5.74, 6) is 0. The van der Waals surface area contributed by atoms with Crippen LogP contribution in [0.25, 0.3) is 10.4 Å². The molecule has 1 atom stereocenters. The van der Waals surface area contributed by atoms with Gasteiger partial charge in [0.2, 0.25) is 0 Å². The van der Waals surface area contributed by atoms with E-state index in [1.54, 1.807) is 0 Å². The number of hydrogen-bond acceptors (Lipinski definition) is 2. The lowest BCUT2D eigenvalue weighted by molar-refractivity contribution is 0.409. The molecule has 0 fully saturated rings. The smallest absolute Gasteiger partial charge is 0.0576 e. The molecule has 0 saturated heterocycles. The van der Waals surface area contributed by atoms with E-state index >= 15 is 0 Å². The summed E-state index contributed by atoms with van der Waals surface area (Å²) in [6.07, 6.45) is 8.90. The molecule has 0 aromatic carbocycles. The van der Waals surface area contributed by atoms with Gasteiger partial charge in [0.1, 0.15) is 0 Å². The molecule has 2 heterocycles. The van der Waals surface area contributed by atoms with Crippen LogP contribution >= 0.6 is 11.3 Å². The van der Waals surface area contributed by atoms with Crippen LogP contribution in [0.2, 0.25) is 0 Å². The topological polar surface area (TPSA) is 17.8 Å². The van der Waals surface area contributed by atoms with Crippen LogP contribution in [0.5, 0.6) is 0 Å². The first-order valence-corrected chi connectivity index (χ1v) is 8.73. The van der Waals surface area contributed by atoms with Crippen LogP contribution < -0.4 is 0 Å². The number of rotatable bonds is 6. The Morgan fingerprint density at radius 3 is 2.50 bits per heavy atom. The molecular formula is C17H28N2S. The average molecular weight is 292 g/mol. The van der Waals surface area contributed by atoms with E-state index in [-0.39, 0.29) is 0 Å². The van der Waals surface area contributed by atoms with Crippen molar-refractivity contribution in [1.82, 2.24) is 9.78 Å². The van der Waals surface area contributed by atoms with Gasteiger partial charge in [-0.1, -0.05) is 41.0 Å². The Bertz CT molecular complexity index is 485. The normalized spacial score (nSPS) is 11.8. The number of nitrogens with zero attached hydrogens (tertiary/aromatic N) is 2. The van der Waals surface area contributed by atoms with E-state index in [4.69, 9.17) is 0 Å². The highest BCUT2D eigenvalue weighted by Gasteiger charge is 2.11. The van der Waals surface area contributed by atoms with Crippen LogP contribution in [-0.2, 0) is 6.42 Å². The van der Waals surface area contributed by atoms with Gasteiger partial charge in [-0.2, -0.15) is 5.10 Å². The molecule has 0 spiro atoms. The zero-order valence-electron chi connectivity index (χ0n) is 13.5. The molecule has 0 N–H and O–H groups in total. The van der Waals surface area contributed by atoms with Gasteiger partial charge in [-0.05, 0) is 31.4 Å². The Hall–Kier alpha value is -1.09. The maximum Gasteiger partial charge on any atom is 0.0576 e. The van der Waals surface area contributed by atoms with Crippen molar-refractivity contribution in [3.8, 4) is 10.4 Å². The van der Waals surface area contributed by atoms with Crippen molar-refractivity contribution in [3.05, 3.63) is 29.4 Å². The zero-order chi connectivity index (χ0) is 15.0. The van der Waals surface area contributed by atoms with Crippen LogP contribution in [0.1, 0.15) is 64.8 Å². The fraction of sp³-hybridized carbons (Fsp3) is 0.588. The van der Waals surface area contributed by atoms with Crippen molar-refractivity contribution >= 4 is 11.3 Å². The minimum absolute atomic E-state index is 0.550. The molecule has 0 saturated carbocycles. The second-order valence-electron chi connectivity index (χ2n) is 4.68. The van der Waals surface area contributed by atoms with Crippen LogP contribution in [0.15, 0.2) is 24.5 Å². The van der Waals surface area contributed by atoms with Gasteiger partial charge >= 0.3 is 0 Å². The van der Waals surface area contributed by atoms with Gasteiger partial charge in [-0.25, -0.2) is 0 Å². The highest BCUT2D eigenvalue weighted by Crippen LogP contribution is 2.29. The third-order valence-corrected chi connectivity index (χ3v) is 4.64. The molecule has 2 rings (SSSR count). The lowest BCUT2D eigenvalue weighted by Crippen LogP contribution is -2.07. The highest BCUT2D eigenvalue weighted by molar-refractivity contribution is 7.15. The molecular weight excluding hydrogens is 264 g/mol. The van der Waals surface area contributed by atoms with E-state index in [1.165, 1.54) is 28.2 Å². The first kappa shape index (κ1) is 17.0. The Morgan fingerprint density at radius 1 is 1.20 bits per heavy atom. The van der Waals surface area contributed by atoms with Gasteiger partial charge in [-0.15, -0.1) is 11.3 Å². The lowest BCUT2D eigenvalue weighted by atomic mass is 10.1. The van der Waals surface area contributed by atoms with Crippen molar-refractivity contribution in [2.45, 2.75) is 66.3 Å². The van der Waals surface area contributed by atoms with E-state index in [1.807, 2.05) is 31.4 Å². The Labute approximate surface area is 127 Å². The third kappa shape index (κ3) is 4.20. The molecule has 2 aromatic rings. The largest absolute Gasteiger partial charge is 0.269 e. The van der Waals surface area contributed by atoms with Gasteiger partial charge < -0.3 is 0 Å². The predicted molar refractivity (Wildman–Crippen MR) is 90.5 cm³/mol. The molecule has 3 heteroatoms. The van der Waals surface area contributed by atoms with Crippen molar-refractivity contribution in [2.24, 2.45) is 0 Å². The van der Waals surface area contributed by atoms with Crippen LogP contribution in [0, 0.1) is 0 Å². The number of hydrogen-bond donors (Lipinski definition) is 0. The third-order valence-electron chi connectivity index (χ3n) is 3.36. The van der Waals surface area contributed by atoms with Gasteiger partial charge in [-0.3, -0.25) is 4.68 Å². The van der Waals surface area contributed by atoms with E-state index in [9.17, 15) is 0 Å². The van der Waals surface area contributed by atoms with Crippen molar-refractivity contribution in [3.63, 3.8) is 0 Å². The summed E-state index contributed by atoms with van der Waals surface area (Å²) in [7, 11) is 0. The van der Waals surface area contributed by atoms with Gasteiger partial charge in [0.05, 0.1) is 12.2 Å². The fourth-order valence-electron chi connectivity index (χ4n) is 2.24. The first-order valence-electron chi connectivity index (χ1n) is 7.91. The molecule has 0 aliphatic rings. The summed E-state index contributed by atoms with van der Waals surface area (Å²) in [4.78, 5) is 2.78. The molecule has 0 amide bonds. The minimum atomic E-state index is 0.550.